The monoisotopic (exact) mass is 586 g/mol. The van der Waals surface area contributed by atoms with Crippen LogP contribution in [-0.2, 0) is 25.2 Å². The molecule has 0 bridgehead atoms. The van der Waals surface area contributed by atoms with Gasteiger partial charge in [-0.05, 0) is 51.2 Å². The molecular weight excluding hydrogens is 556 g/mol. The number of nitrogens with one attached hydrogen (secondary N) is 2. The van der Waals surface area contributed by atoms with Gasteiger partial charge in [0, 0.05) is 36.2 Å². The molecule has 2 aromatic rings. The van der Waals surface area contributed by atoms with Gasteiger partial charge in [-0.25, -0.2) is 17.5 Å². The number of carbonyl (C=O) groups excluding carboxylic acids is 2. The summed E-state index contributed by atoms with van der Waals surface area (Å²) in [5.41, 5.74) is -1.18. The summed E-state index contributed by atoms with van der Waals surface area (Å²) in [6, 6.07) is 5.88. The van der Waals surface area contributed by atoms with Crippen LogP contribution < -0.4 is 14.8 Å². The third-order valence-electron chi connectivity index (χ3n) is 6.70. The molecule has 1 aromatic heterocycles. The number of hydrogen-bond donors (Lipinski definition) is 2. The van der Waals surface area contributed by atoms with E-state index in [4.69, 9.17) is 4.74 Å². The minimum atomic E-state index is -4.20. The second-order valence-electron chi connectivity index (χ2n) is 10.3. The number of nitrogens with zero attached hydrogens (tertiary/aromatic N) is 2. The van der Waals surface area contributed by atoms with Gasteiger partial charge in [0.1, 0.15) is 17.1 Å². The summed E-state index contributed by atoms with van der Waals surface area (Å²) in [5.74, 6) is -2.53. The zero-order chi connectivity index (χ0) is 29.3. The van der Waals surface area contributed by atoms with Gasteiger partial charge in [-0.2, -0.15) is 18.3 Å². The lowest BCUT2D eigenvalue weighted by atomic mass is 9.79. The van der Waals surface area contributed by atoms with Gasteiger partial charge < -0.3 is 10.1 Å². The molecule has 2 aliphatic rings. The molecule has 14 heteroatoms. The topological polar surface area (TPSA) is 119 Å². The lowest BCUT2D eigenvalue weighted by Crippen LogP contribution is -2.51. The third-order valence-corrected chi connectivity index (χ3v) is 7.26. The number of rotatable bonds is 11. The largest absolute Gasteiger partial charge is 0.493 e. The number of halogens is 4. The molecule has 0 spiro atoms. The predicted octanol–water partition coefficient (Wildman–Crippen LogP) is 4.12. The highest BCUT2D eigenvalue weighted by Crippen LogP contribution is 2.41. The summed E-state index contributed by atoms with van der Waals surface area (Å²) >= 11 is 0. The highest BCUT2D eigenvalue weighted by Gasteiger charge is 2.42. The number of unbranched alkanes of at least 4 members (excludes halogenated alkanes) is 2. The molecule has 0 unspecified atom stereocenters. The van der Waals surface area contributed by atoms with E-state index in [-0.39, 0.29) is 42.4 Å². The molecule has 218 valence electrons. The lowest BCUT2D eigenvalue weighted by molar-refractivity contribution is -0.135. The van der Waals surface area contributed by atoms with Crippen LogP contribution in [0.5, 0.6) is 5.75 Å². The van der Waals surface area contributed by atoms with Crippen LogP contribution in [0.4, 0.5) is 17.6 Å². The van der Waals surface area contributed by atoms with Crippen molar-refractivity contribution in [3.63, 3.8) is 0 Å². The molecule has 1 aliphatic carbocycles. The number of benzene rings is 1. The normalized spacial score (nSPS) is 19.9. The van der Waals surface area contributed by atoms with E-state index in [2.05, 4.69) is 10.4 Å². The zero-order valence-corrected chi connectivity index (χ0v) is 22.8. The van der Waals surface area contributed by atoms with Crippen molar-refractivity contribution in [2.75, 3.05) is 12.9 Å². The lowest BCUT2D eigenvalue weighted by Gasteiger charge is -2.37. The van der Waals surface area contributed by atoms with Crippen LogP contribution in [0.3, 0.4) is 0 Å². The molecule has 1 atom stereocenters. The van der Waals surface area contributed by atoms with Crippen molar-refractivity contribution >= 4 is 27.4 Å². The Morgan fingerprint density at radius 3 is 2.58 bits per heavy atom. The Morgan fingerprint density at radius 2 is 1.95 bits per heavy atom. The van der Waals surface area contributed by atoms with Crippen molar-refractivity contribution in [1.29, 1.82) is 0 Å². The van der Waals surface area contributed by atoms with Crippen molar-refractivity contribution in [3.8, 4) is 5.75 Å². The minimum absolute atomic E-state index is 0.0167. The van der Waals surface area contributed by atoms with Gasteiger partial charge in [0.15, 0.2) is 0 Å². The van der Waals surface area contributed by atoms with E-state index in [9.17, 15) is 31.2 Å². The molecule has 1 aliphatic heterocycles. The first-order valence-electron chi connectivity index (χ1n) is 12.8. The van der Waals surface area contributed by atoms with E-state index < -0.39 is 51.4 Å². The SMILES string of the molecule is C[C@@]1(c2ccc(OCCCCCC(F)(F)F)cc2F)CC(c2ccn(C3CC3)n2)=C(C(=O)NS(C)(=O)=O)C(=O)N1. The van der Waals surface area contributed by atoms with E-state index in [1.165, 1.54) is 12.1 Å². The van der Waals surface area contributed by atoms with Gasteiger partial charge in [-0.1, -0.05) is 6.07 Å². The van der Waals surface area contributed by atoms with E-state index in [1.54, 1.807) is 23.9 Å². The maximum absolute atomic E-state index is 15.3. The van der Waals surface area contributed by atoms with Crippen LogP contribution in [0.1, 0.15) is 69.2 Å². The number of amides is 2. The van der Waals surface area contributed by atoms with Crippen LogP contribution in [0.15, 0.2) is 36.0 Å². The molecule has 2 amide bonds. The first kappa shape index (κ1) is 29.6. The van der Waals surface area contributed by atoms with Crippen LogP contribution in [-0.4, -0.2) is 49.1 Å². The molecule has 1 fully saturated rings. The van der Waals surface area contributed by atoms with Crippen molar-refractivity contribution < 1.29 is 40.3 Å². The molecule has 2 N–H and O–H groups in total. The molecule has 1 aromatic carbocycles. The number of hydrogen-bond acceptors (Lipinski definition) is 6. The standard InChI is InChI=1S/C26H30F4N4O5S/c1-25(19-9-8-17(14-20(19)27)39-13-5-3-4-11-26(28,29)30)15-18(21-10-12-34(32-21)16-6-7-16)22(23(35)31-25)24(36)33-40(2,37)38/h8-10,12,14,16H,3-7,11,13,15H2,1-2H3,(H,31,35)(H,33,36)/t25-/m0/s1. The molecule has 40 heavy (non-hydrogen) atoms. The molecule has 9 nitrogen and oxygen atoms in total. The third kappa shape index (κ3) is 7.40. The predicted molar refractivity (Wildman–Crippen MR) is 137 cm³/mol. The number of sulfonamides is 1. The highest BCUT2D eigenvalue weighted by atomic mass is 32.2. The van der Waals surface area contributed by atoms with Gasteiger partial charge in [-0.3, -0.25) is 14.3 Å². The Labute approximate surface area is 229 Å². The maximum atomic E-state index is 15.3. The van der Waals surface area contributed by atoms with Crippen LogP contribution in [0.2, 0.25) is 0 Å². The Hall–Kier alpha value is -3.42. The Kier molecular flexibility index (Phi) is 8.29. The van der Waals surface area contributed by atoms with Crippen LogP contribution >= 0.6 is 0 Å². The summed E-state index contributed by atoms with van der Waals surface area (Å²) in [7, 11) is -3.98. The van der Waals surface area contributed by atoms with Gasteiger partial charge in [0.25, 0.3) is 11.8 Å². The van der Waals surface area contributed by atoms with Gasteiger partial charge >= 0.3 is 6.18 Å². The quantitative estimate of drug-likeness (QED) is 0.232. The average Bonchev–Trinajstić information content (AvgIpc) is 3.55. The van der Waals surface area contributed by atoms with E-state index in [1.807, 2.05) is 4.72 Å². The number of aromatic nitrogens is 2. The molecule has 4 rings (SSSR count). The summed E-state index contributed by atoms with van der Waals surface area (Å²) in [6.45, 7) is 1.69. The first-order chi connectivity index (χ1) is 18.7. The number of carbonyl (C=O) groups is 2. The van der Waals surface area contributed by atoms with E-state index in [0.717, 1.165) is 25.2 Å². The molecule has 1 saturated carbocycles. The summed E-state index contributed by atoms with van der Waals surface area (Å²) in [6.07, 6.45) is -0.0890. The Bertz CT molecular complexity index is 1430. The molecule has 0 radical (unpaired) electrons. The number of ether oxygens (including phenoxy) is 1. The van der Waals surface area contributed by atoms with Gasteiger partial charge in [0.2, 0.25) is 10.0 Å². The summed E-state index contributed by atoms with van der Waals surface area (Å²) in [4.78, 5) is 26.1. The fraction of sp³-hybridized carbons (Fsp3) is 0.500. The second-order valence-corrected chi connectivity index (χ2v) is 12.1. The van der Waals surface area contributed by atoms with E-state index in [0.29, 0.717) is 18.5 Å². The first-order valence-corrected chi connectivity index (χ1v) is 14.7. The van der Waals surface area contributed by atoms with Crippen LogP contribution in [0, 0.1) is 5.82 Å². The minimum Gasteiger partial charge on any atom is -0.493 e. The highest BCUT2D eigenvalue weighted by molar-refractivity contribution is 7.89. The Morgan fingerprint density at radius 1 is 1.23 bits per heavy atom. The summed E-state index contributed by atoms with van der Waals surface area (Å²) < 4.78 is 84.6. The van der Waals surface area contributed by atoms with Crippen molar-refractivity contribution in [2.24, 2.45) is 0 Å². The van der Waals surface area contributed by atoms with Crippen molar-refractivity contribution in [3.05, 3.63) is 53.1 Å². The second kappa shape index (κ2) is 11.2. The Balaban J connectivity index is 1.55. The molecule has 2 heterocycles. The van der Waals surface area contributed by atoms with Gasteiger partial charge in [0.05, 0.1) is 30.1 Å². The summed E-state index contributed by atoms with van der Waals surface area (Å²) in [5, 5.41) is 7.14. The molecular formula is C26H30F4N4O5S. The van der Waals surface area contributed by atoms with Crippen molar-refractivity contribution in [1.82, 2.24) is 19.8 Å². The smallest absolute Gasteiger partial charge is 0.389 e. The maximum Gasteiger partial charge on any atom is 0.389 e. The van der Waals surface area contributed by atoms with E-state index >= 15 is 4.39 Å². The fourth-order valence-corrected chi connectivity index (χ4v) is 5.08. The zero-order valence-electron chi connectivity index (χ0n) is 22.0. The van der Waals surface area contributed by atoms with Crippen molar-refractivity contribution in [2.45, 2.75) is 69.6 Å². The number of alkyl halides is 3. The fourth-order valence-electron chi connectivity index (χ4n) is 4.65. The molecule has 0 saturated heterocycles. The van der Waals surface area contributed by atoms with Crippen LogP contribution in [0.25, 0.3) is 5.57 Å². The van der Waals surface area contributed by atoms with Gasteiger partial charge in [-0.15, -0.1) is 0 Å². The average molecular weight is 587 g/mol.